The van der Waals surface area contributed by atoms with E-state index < -0.39 is 0 Å². The van der Waals surface area contributed by atoms with E-state index in [2.05, 4.69) is 47.4 Å². The molecule has 0 unspecified atom stereocenters. The zero-order valence-electron chi connectivity index (χ0n) is 12.4. The van der Waals surface area contributed by atoms with Crippen molar-refractivity contribution in [2.75, 3.05) is 11.9 Å². The minimum atomic E-state index is 0.706. The molecule has 0 spiro atoms. The highest BCUT2D eigenvalue weighted by molar-refractivity contribution is 7.09. The van der Waals surface area contributed by atoms with Gasteiger partial charge in [-0.25, -0.2) is 4.98 Å². The first kappa shape index (κ1) is 14.8. The Kier molecular flexibility index (Phi) is 4.48. The van der Waals surface area contributed by atoms with Crippen molar-refractivity contribution in [3.8, 4) is 0 Å². The number of benzene rings is 1. The fraction of sp³-hybridized carbons (Fsp3) is 0.438. The topological polar surface area (TPSA) is 28.2 Å². The lowest BCUT2D eigenvalue weighted by atomic mass is 10.2. The molecule has 0 amide bonds. The van der Waals surface area contributed by atoms with Crippen LogP contribution in [0.25, 0.3) is 0 Å². The minimum absolute atomic E-state index is 0.706. The molecule has 2 aromatic rings. The predicted octanol–water partition coefficient (Wildman–Crippen LogP) is 3.99. The van der Waals surface area contributed by atoms with Crippen molar-refractivity contribution < 1.29 is 0 Å². The lowest BCUT2D eigenvalue weighted by molar-refractivity contribution is 0.688. The van der Waals surface area contributed by atoms with Crippen molar-refractivity contribution in [2.24, 2.45) is 0 Å². The fourth-order valence-electron chi connectivity index (χ4n) is 2.24. The van der Waals surface area contributed by atoms with Gasteiger partial charge in [0.2, 0.25) is 0 Å². The zero-order chi connectivity index (χ0) is 14.8. The van der Waals surface area contributed by atoms with E-state index in [4.69, 9.17) is 11.6 Å². The third-order valence-corrected chi connectivity index (χ3v) is 5.13. The molecule has 112 valence electrons. The van der Waals surface area contributed by atoms with Gasteiger partial charge >= 0.3 is 0 Å². The number of rotatable bonds is 6. The third kappa shape index (κ3) is 3.76. The summed E-state index contributed by atoms with van der Waals surface area (Å²) in [7, 11) is 2.09. The Hall–Kier alpha value is -1.10. The molecule has 0 atom stereocenters. The second-order valence-electron chi connectivity index (χ2n) is 5.65. The van der Waals surface area contributed by atoms with Crippen LogP contribution < -0.4 is 10.2 Å². The lowest BCUT2D eigenvalue weighted by Crippen LogP contribution is -2.17. The molecule has 1 aliphatic rings. The smallest absolute Gasteiger partial charge is 0.0798 e. The van der Waals surface area contributed by atoms with Gasteiger partial charge < -0.3 is 10.2 Å². The second kappa shape index (κ2) is 6.34. The van der Waals surface area contributed by atoms with Crippen LogP contribution in [0.5, 0.6) is 0 Å². The summed E-state index contributed by atoms with van der Waals surface area (Å²) in [5.41, 5.74) is 5.33. The molecule has 3 rings (SSSR count). The van der Waals surface area contributed by atoms with E-state index in [-0.39, 0.29) is 0 Å². The lowest BCUT2D eigenvalue weighted by Gasteiger charge is -2.20. The molecule has 0 bridgehead atoms. The van der Waals surface area contributed by atoms with Crippen LogP contribution >= 0.6 is 22.9 Å². The van der Waals surface area contributed by atoms with Gasteiger partial charge in [-0.15, -0.1) is 11.3 Å². The van der Waals surface area contributed by atoms with Gasteiger partial charge in [0.15, 0.2) is 0 Å². The van der Waals surface area contributed by atoms with Gasteiger partial charge in [0, 0.05) is 35.2 Å². The van der Waals surface area contributed by atoms with Crippen molar-refractivity contribution in [1.82, 2.24) is 10.3 Å². The van der Waals surface area contributed by atoms with Crippen LogP contribution in [0.15, 0.2) is 23.7 Å². The standard InChI is InChI=1S/C16H20ClN3S/c1-11-16(21-10-19-11)9-20(2)14-6-3-12(15(17)7-14)8-18-13-4-5-13/h3,6-7,10,13,18H,4-5,8-9H2,1-2H3. The largest absolute Gasteiger partial charge is 0.369 e. The average Bonchev–Trinajstić information content (AvgIpc) is 3.21. The first-order valence-electron chi connectivity index (χ1n) is 7.25. The summed E-state index contributed by atoms with van der Waals surface area (Å²) in [6.45, 7) is 3.78. The number of aryl methyl sites for hydroxylation is 1. The van der Waals surface area contributed by atoms with Crippen LogP contribution in [-0.2, 0) is 13.1 Å². The maximum atomic E-state index is 6.41. The summed E-state index contributed by atoms with van der Waals surface area (Å²) in [5, 5.41) is 4.34. The molecule has 0 radical (unpaired) electrons. The fourth-order valence-corrected chi connectivity index (χ4v) is 3.31. The van der Waals surface area contributed by atoms with Gasteiger partial charge in [-0.2, -0.15) is 0 Å². The van der Waals surface area contributed by atoms with Crippen LogP contribution in [0.4, 0.5) is 5.69 Å². The van der Waals surface area contributed by atoms with Gasteiger partial charge in [-0.1, -0.05) is 17.7 Å². The first-order valence-corrected chi connectivity index (χ1v) is 8.51. The monoisotopic (exact) mass is 321 g/mol. The first-order chi connectivity index (χ1) is 10.1. The maximum Gasteiger partial charge on any atom is 0.0798 e. The summed E-state index contributed by atoms with van der Waals surface area (Å²) < 4.78 is 0. The van der Waals surface area contributed by atoms with E-state index >= 15 is 0 Å². The van der Waals surface area contributed by atoms with E-state index in [1.807, 2.05) is 5.51 Å². The van der Waals surface area contributed by atoms with Gasteiger partial charge in [-0.05, 0) is 37.5 Å². The molecule has 1 saturated carbocycles. The van der Waals surface area contributed by atoms with E-state index in [9.17, 15) is 0 Å². The molecule has 1 aliphatic carbocycles. The summed E-state index contributed by atoms with van der Waals surface area (Å²) in [6.07, 6.45) is 2.60. The van der Waals surface area contributed by atoms with Crippen LogP contribution in [0, 0.1) is 6.92 Å². The summed E-state index contributed by atoms with van der Waals surface area (Å²) >= 11 is 8.12. The zero-order valence-corrected chi connectivity index (χ0v) is 14.0. The van der Waals surface area contributed by atoms with Gasteiger partial charge in [0.05, 0.1) is 17.7 Å². The number of hydrogen-bond donors (Lipinski definition) is 1. The van der Waals surface area contributed by atoms with Gasteiger partial charge in [-0.3, -0.25) is 0 Å². The molecule has 1 N–H and O–H groups in total. The van der Waals surface area contributed by atoms with Crippen molar-refractivity contribution in [3.63, 3.8) is 0 Å². The molecule has 1 aromatic heterocycles. The Bertz CT molecular complexity index is 622. The Morgan fingerprint density at radius 1 is 1.43 bits per heavy atom. The van der Waals surface area contributed by atoms with Gasteiger partial charge in [0.1, 0.15) is 0 Å². The molecule has 0 saturated heterocycles. The summed E-state index contributed by atoms with van der Waals surface area (Å²) in [5.74, 6) is 0. The Balaban J connectivity index is 1.66. The van der Waals surface area contributed by atoms with E-state index in [0.717, 1.165) is 29.5 Å². The number of hydrogen-bond acceptors (Lipinski definition) is 4. The van der Waals surface area contributed by atoms with E-state index in [1.165, 1.54) is 23.3 Å². The number of anilines is 1. The maximum absolute atomic E-state index is 6.41. The SMILES string of the molecule is Cc1ncsc1CN(C)c1ccc(CNC2CC2)c(Cl)c1. The van der Waals surface area contributed by atoms with Crippen LogP contribution in [0.3, 0.4) is 0 Å². The normalized spacial score (nSPS) is 14.4. The molecule has 1 heterocycles. The van der Waals surface area contributed by atoms with Crippen LogP contribution in [0.1, 0.15) is 29.0 Å². The van der Waals surface area contributed by atoms with Crippen LogP contribution in [0.2, 0.25) is 5.02 Å². The molecule has 1 aromatic carbocycles. The van der Waals surface area contributed by atoms with Gasteiger partial charge in [0.25, 0.3) is 0 Å². The Morgan fingerprint density at radius 2 is 2.24 bits per heavy atom. The number of nitrogens with zero attached hydrogens (tertiary/aromatic N) is 2. The molecular formula is C16H20ClN3S. The molecular weight excluding hydrogens is 302 g/mol. The number of halogens is 1. The molecule has 0 aliphatic heterocycles. The Morgan fingerprint density at radius 3 is 2.86 bits per heavy atom. The highest BCUT2D eigenvalue weighted by atomic mass is 35.5. The van der Waals surface area contributed by atoms with E-state index in [0.29, 0.717) is 6.04 Å². The van der Waals surface area contributed by atoms with Crippen molar-refractivity contribution >= 4 is 28.6 Å². The molecule has 3 nitrogen and oxygen atoms in total. The second-order valence-corrected chi connectivity index (χ2v) is 6.99. The third-order valence-electron chi connectivity index (χ3n) is 3.86. The van der Waals surface area contributed by atoms with Crippen molar-refractivity contribution in [2.45, 2.75) is 38.9 Å². The summed E-state index contributed by atoms with van der Waals surface area (Å²) in [6, 6.07) is 7.04. The minimum Gasteiger partial charge on any atom is -0.369 e. The highest BCUT2D eigenvalue weighted by Crippen LogP contribution is 2.26. The Labute approximate surface area is 135 Å². The number of nitrogens with one attached hydrogen (secondary N) is 1. The number of thiazole rings is 1. The molecule has 21 heavy (non-hydrogen) atoms. The average molecular weight is 322 g/mol. The van der Waals surface area contributed by atoms with Crippen molar-refractivity contribution in [3.05, 3.63) is 44.9 Å². The number of aromatic nitrogens is 1. The predicted molar refractivity (Wildman–Crippen MR) is 90.3 cm³/mol. The van der Waals surface area contributed by atoms with E-state index in [1.54, 1.807) is 11.3 Å². The molecule has 5 heteroatoms. The quantitative estimate of drug-likeness (QED) is 0.872. The van der Waals surface area contributed by atoms with Crippen molar-refractivity contribution in [1.29, 1.82) is 0 Å². The summed E-state index contributed by atoms with van der Waals surface area (Å²) in [4.78, 5) is 7.81. The molecule has 1 fully saturated rings. The van der Waals surface area contributed by atoms with Crippen LogP contribution in [-0.4, -0.2) is 18.1 Å². The highest BCUT2D eigenvalue weighted by Gasteiger charge is 2.20.